The summed E-state index contributed by atoms with van der Waals surface area (Å²) >= 11 is 0. The maximum Gasteiger partial charge on any atom is 0.194 e. The summed E-state index contributed by atoms with van der Waals surface area (Å²) in [5.74, 6) is 1.32. The van der Waals surface area contributed by atoms with Crippen LogP contribution in [0.1, 0.15) is 26.2 Å². The normalized spacial score (nSPS) is 39.0. The van der Waals surface area contributed by atoms with Gasteiger partial charge in [-0.2, -0.15) is 10.2 Å². The Hall–Kier alpha value is -0.660. The Labute approximate surface area is 67.4 Å². The summed E-state index contributed by atoms with van der Waals surface area (Å²) in [7, 11) is 0. The van der Waals surface area contributed by atoms with Crippen molar-refractivity contribution >= 4 is 0 Å². The molecule has 1 aliphatic carbocycles. The lowest BCUT2D eigenvalue weighted by Gasteiger charge is -2.28. The summed E-state index contributed by atoms with van der Waals surface area (Å²) in [5.41, 5.74) is 0.0388. The third-order valence-electron chi connectivity index (χ3n) is 3.01. The smallest absolute Gasteiger partial charge is 0.159 e. The maximum absolute atomic E-state index is 4.15. The Morgan fingerprint density at radius 1 is 1.45 bits per heavy atom. The molecule has 2 unspecified atom stereocenters. The van der Waals surface area contributed by atoms with Gasteiger partial charge < -0.3 is 0 Å². The van der Waals surface area contributed by atoms with Crippen LogP contribution in [0.4, 0.5) is 0 Å². The molecule has 0 bridgehead atoms. The van der Waals surface area contributed by atoms with Crippen molar-refractivity contribution in [2.24, 2.45) is 22.1 Å². The number of hydrogen-bond acceptors (Lipinski definition) is 2. The van der Waals surface area contributed by atoms with Crippen LogP contribution in [0.15, 0.2) is 22.9 Å². The topological polar surface area (TPSA) is 24.7 Å². The monoisotopic (exact) mass is 150 g/mol. The second-order valence-electron chi connectivity index (χ2n) is 3.76. The molecule has 0 aromatic heterocycles. The van der Waals surface area contributed by atoms with Crippen LogP contribution in [-0.4, -0.2) is 5.66 Å². The molecule has 1 aliphatic heterocycles. The standard InChI is InChI=1S/C9H14N2/c1-3-8-5-4-7(2)9(6-8)10-11-9/h3,7-8H,1,4-6H2,2H3. The maximum atomic E-state index is 4.15. The van der Waals surface area contributed by atoms with E-state index < -0.39 is 0 Å². The highest BCUT2D eigenvalue weighted by Crippen LogP contribution is 2.48. The quantitative estimate of drug-likeness (QED) is 0.513. The van der Waals surface area contributed by atoms with E-state index in [-0.39, 0.29) is 5.66 Å². The predicted molar refractivity (Wildman–Crippen MR) is 44.3 cm³/mol. The molecule has 1 fully saturated rings. The zero-order valence-electron chi connectivity index (χ0n) is 6.95. The molecule has 2 nitrogen and oxygen atoms in total. The van der Waals surface area contributed by atoms with Crippen LogP contribution in [0.2, 0.25) is 0 Å². The van der Waals surface area contributed by atoms with Crippen molar-refractivity contribution in [3.8, 4) is 0 Å². The first-order chi connectivity index (χ1) is 5.27. The largest absolute Gasteiger partial charge is 0.194 e. The van der Waals surface area contributed by atoms with Gasteiger partial charge in [-0.15, -0.1) is 6.58 Å². The highest BCUT2D eigenvalue weighted by atomic mass is 15.4. The minimum absolute atomic E-state index is 0.0388. The van der Waals surface area contributed by atoms with Gasteiger partial charge in [0.2, 0.25) is 0 Å². The third kappa shape index (κ3) is 1.01. The highest BCUT2D eigenvalue weighted by molar-refractivity contribution is 5.04. The molecule has 1 heterocycles. The van der Waals surface area contributed by atoms with Crippen LogP contribution in [0, 0.1) is 11.8 Å². The molecule has 0 aromatic carbocycles. The van der Waals surface area contributed by atoms with Crippen LogP contribution in [-0.2, 0) is 0 Å². The summed E-state index contributed by atoms with van der Waals surface area (Å²) in [6.45, 7) is 6.07. The average Bonchev–Trinajstić information content (AvgIpc) is 2.77. The zero-order chi connectivity index (χ0) is 7.90. The van der Waals surface area contributed by atoms with E-state index >= 15 is 0 Å². The fourth-order valence-corrected chi connectivity index (χ4v) is 1.93. The molecule has 0 radical (unpaired) electrons. The molecule has 0 aromatic rings. The molecule has 2 heteroatoms. The van der Waals surface area contributed by atoms with E-state index in [1.807, 2.05) is 0 Å². The van der Waals surface area contributed by atoms with Gasteiger partial charge in [-0.25, -0.2) is 0 Å². The highest BCUT2D eigenvalue weighted by Gasteiger charge is 2.49. The first-order valence-corrected chi connectivity index (χ1v) is 4.33. The van der Waals surface area contributed by atoms with Gasteiger partial charge in [0, 0.05) is 12.3 Å². The molecule has 2 aliphatic rings. The van der Waals surface area contributed by atoms with Crippen LogP contribution >= 0.6 is 0 Å². The lowest BCUT2D eigenvalue weighted by atomic mass is 9.77. The molecule has 2 rings (SSSR count). The average molecular weight is 150 g/mol. The Balaban J connectivity index is 2.04. The molecule has 0 saturated heterocycles. The van der Waals surface area contributed by atoms with Crippen molar-refractivity contribution in [3.63, 3.8) is 0 Å². The van der Waals surface area contributed by atoms with E-state index in [1.54, 1.807) is 0 Å². The van der Waals surface area contributed by atoms with Gasteiger partial charge in [-0.05, 0) is 18.8 Å². The van der Waals surface area contributed by atoms with Crippen LogP contribution in [0.3, 0.4) is 0 Å². The molecule has 60 valence electrons. The second kappa shape index (κ2) is 2.16. The lowest BCUT2D eigenvalue weighted by molar-refractivity contribution is 0.247. The van der Waals surface area contributed by atoms with Crippen molar-refractivity contribution in [2.75, 3.05) is 0 Å². The number of hydrogen-bond donors (Lipinski definition) is 0. The van der Waals surface area contributed by atoms with Crippen LogP contribution in [0.25, 0.3) is 0 Å². The van der Waals surface area contributed by atoms with Crippen LogP contribution < -0.4 is 0 Å². The van der Waals surface area contributed by atoms with E-state index in [2.05, 4.69) is 29.8 Å². The summed E-state index contributed by atoms with van der Waals surface area (Å²) in [6, 6.07) is 0. The van der Waals surface area contributed by atoms with Gasteiger partial charge in [0.05, 0.1) is 0 Å². The van der Waals surface area contributed by atoms with E-state index in [0.29, 0.717) is 11.8 Å². The summed E-state index contributed by atoms with van der Waals surface area (Å²) < 4.78 is 0. The van der Waals surface area contributed by atoms with Crippen molar-refractivity contribution in [1.82, 2.24) is 0 Å². The first-order valence-electron chi connectivity index (χ1n) is 4.33. The summed E-state index contributed by atoms with van der Waals surface area (Å²) in [5, 5.41) is 8.30. The SMILES string of the molecule is C=CC1CCC(C)C2(C1)N=N2. The molecular formula is C9H14N2. The fraction of sp³-hybridized carbons (Fsp3) is 0.778. The Morgan fingerprint density at radius 3 is 2.73 bits per heavy atom. The van der Waals surface area contributed by atoms with E-state index in [4.69, 9.17) is 0 Å². The minimum atomic E-state index is 0.0388. The van der Waals surface area contributed by atoms with E-state index in [1.165, 1.54) is 12.8 Å². The Kier molecular flexibility index (Phi) is 1.38. The van der Waals surface area contributed by atoms with Crippen LogP contribution in [0.5, 0.6) is 0 Å². The first kappa shape index (κ1) is 7.01. The fourth-order valence-electron chi connectivity index (χ4n) is 1.93. The molecule has 2 atom stereocenters. The number of nitrogens with zero attached hydrogens (tertiary/aromatic N) is 2. The minimum Gasteiger partial charge on any atom is -0.159 e. The van der Waals surface area contributed by atoms with Crippen molar-refractivity contribution < 1.29 is 0 Å². The van der Waals surface area contributed by atoms with Gasteiger partial charge in [0.1, 0.15) is 0 Å². The summed E-state index contributed by atoms with van der Waals surface area (Å²) in [6.07, 6.45) is 5.69. The van der Waals surface area contributed by atoms with Gasteiger partial charge in [-0.1, -0.05) is 13.0 Å². The molecule has 1 saturated carbocycles. The summed E-state index contributed by atoms with van der Waals surface area (Å²) in [4.78, 5) is 0. The molecule has 11 heavy (non-hydrogen) atoms. The second-order valence-corrected chi connectivity index (χ2v) is 3.76. The Bertz CT molecular complexity index is 202. The van der Waals surface area contributed by atoms with Gasteiger partial charge in [-0.3, -0.25) is 0 Å². The van der Waals surface area contributed by atoms with Gasteiger partial charge in [0.15, 0.2) is 5.66 Å². The van der Waals surface area contributed by atoms with E-state index in [0.717, 1.165) is 6.42 Å². The predicted octanol–water partition coefficient (Wildman–Crippen LogP) is 2.77. The lowest BCUT2D eigenvalue weighted by Crippen LogP contribution is -2.29. The molecular weight excluding hydrogens is 136 g/mol. The third-order valence-corrected chi connectivity index (χ3v) is 3.01. The van der Waals surface area contributed by atoms with Crippen molar-refractivity contribution in [1.29, 1.82) is 0 Å². The van der Waals surface area contributed by atoms with Gasteiger partial charge in [0.25, 0.3) is 0 Å². The number of rotatable bonds is 1. The molecule has 1 spiro atoms. The zero-order valence-corrected chi connectivity index (χ0v) is 6.95. The van der Waals surface area contributed by atoms with E-state index in [9.17, 15) is 0 Å². The van der Waals surface area contributed by atoms with Crippen molar-refractivity contribution in [2.45, 2.75) is 31.8 Å². The van der Waals surface area contributed by atoms with Crippen molar-refractivity contribution in [3.05, 3.63) is 12.7 Å². The molecule has 0 N–H and O–H groups in total. The number of allylic oxidation sites excluding steroid dienone is 1. The molecule has 0 amide bonds. The van der Waals surface area contributed by atoms with Gasteiger partial charge >= 0.3 is 0 Å². The Morgan fingerprint density at radius 2 is 2.18 bits per heavy atom.